The van der Waals surface area contributed by atoms with Gasteiger partial charge in [-0.2, -0.15) is 0 Å². The van der Waals surface area contributed by atoms with Crippen LogP contribution in [0.4, 0.5) is 5.69 Å². The molecule has 0 aliphatic rings. The maximum absolute atomic E-state index is 5.83. The molecule has 1 aromatic rings. The highest BCUT2D eigenvalue weighted by Crippen LogP contribution is 2.25. The van der Waals surface area contributed by atoms with E-state index in [1.165, 1.54) is 11.1 Å². The first-order valence-electron chi connectivity index (χ1n) is 4.83. The fraction of sp³-hybridized carbons (Fsp3) is 0.500. The molecule has 0 aliphatic heterocycles. The molecular formula is C12H19N. The van der Waals surface area contributed by atoms with Gasteiger partial charge in [0.05, 0.1) is 0 Å². The third kappa shape index (κ3) is 2.48. The molecule has 2 N–H and O–H groups in total. The molecule has 13 heavy (non-hydrogen) atoms. The zero-order valence-electron chi connectivity index (χ0n) is 9.02. The molecule has 0 radical (unpaired) electrons. The van der Waals surface area contributed by atoms with Gasteiger partial charge in [0.15, 0.2) is 0 Å². The molecule has 1 rings (SSSR count). The van der Waals surface area contributed by atoms with Crippen LogP contribution < -0.4 is 5.73 Å². The molecule has 0 spiro atoms. The summed E-state index contributed by atoms with van der Waals surface area (Å²) in [5.74, 6) is 0. The highest BCUT2D eigenvalue weighted by atomic mass is 14.5. The van der Waals surface area contributed by atoms with Gasteiger partial charge in [-0.3, -0.25) is 0 Å². The van der Waals surface area contributed by atoms with E-state index in [2.05, 4.69) is 45.9 Å². The highest BCUT2D eigenvalue weighted by molar-refractivity contribution is 5.46. The molecule has 0 amide bonds. The lowest BCUT2D eigenvalue weighted by molar-refractivity contribution is 0.589. The van der Waals surface area contributed by atoms with Gasteiger partial charge in [-0.1, -0.05) is 33.8 Å². The summed E-state index contributed by atoms with van der Waals surface area (Å²) < 4.78 is 0. The number of hydrogen-bond donors (Lipinski definition) is 1. The van der Waals surface area contributed by atoms with Crippen LogP contribution in [-0.4, -0.2) is 0 Å². The van der Waals surface area contributed by atoms with Gasteiger partial charge in [-0.25, -0.2) is 0 Å². The molecule has 0 fully saturated rings. The highest BCUT2D eigenvalue weighted by Gasteiger charge is 2.14. The van der Waals surface area contributed by atoms with Crippen molar-refractivity contribution in [3.63, 3.8) is 0 Å². The summed E-state index contributed by atoms with van der Waals surface area (Å²) in [7, 11) is 0. The second-order valence-corrected chi connectivity index (χ2v) is 4.57. The van der Waals surface area contributed by atoms with Crippen molar-refractivity contribution in [2.45, 2.75) is 39.5 Å². The molecule has 0 atom stereocenters. The molecular weight excluding hydrogens is 158 g/mol. The largest absolute Gasteiger partial charge is 0.399 e. The van der Waals surface area contributed by atoms with E-state index in [4.69, 9.17) is 5.73 Å². The first kappa shape index (κ1) is 10.1. The van der Waals surface area contributed by atoms with Crippen LogP contribution in [0.5, 0.6) is 0 Å². The molecule has 0 bridgehead atoms. The maximum Gasteiger partial charge on any atom is 0.0319 e. The summed E-state index contributed by atoms with van der Waals surface area (Å²) in [6.45, 7) is 8.78. The van der Waals surface area contributed by atoms with Gasteiger partial charge in [0.25, 0.3) is 0 Å². The van der Waals surface area contributed by atoms with Gasteiger partial charge in [0, 0.05) is 5.69 Å². The van der Waals surface area contributed by atoms with Crippen molar-refractivity contribution >= 4 is 5.69 Å². The van der Waals surface area contributed by atoms with Gasteiger partial charge >= 0.3 is 0 Å². The topological polar surface area (TPSA) is 26.0 Å². The Hall–Kier alpha value is -0.980. The first-order chi connectivity index (χ1) is 5.93. The predicted octanol–water partition coefficient (Wildman–Crippen LogP) is 3.13. The van der Waals surface area contributed by atoms with E-state index in [0.29, 0.717) is 0 Å². The molecule has 0 saturated heterocycles. The Labute approximate surface area is 81.0 Å². The zero-order valence-corrected chi connectivity index (χ0v) is 9.02. The Morgan fingerprint density at radius 2 is 1.77 bits per heavy atom. The Bertz CT molecular complexity index is 294. The van der Waals surface area contributed by atoms with Crippen LogP contribution in [0.25, 0.3) is 0 Å². The van der Waals surface area contributed by atoms with Crippen molar-refractivity contribution in [1.82, 2.24) is 0 Å². The van der Waals surface area contributed by atoms with E-state index in [-0.39, 0.29) is 5.41 Å². The molecule has 0 saturated carbocycles. The lowest BCUT2D eigenvalue weighted by atomic mass is 9.85. The lowest BCUT2D eigenvalue weighted by Crippen LogP contribution is -2.12. The number of nitrogen functional groups attached to an aromatic ring is 1. The SMILES string of the molecule is CCc1cc(N)cc(C(C)(C)C)c1. The lowest BCUT2D eigenvalue weighted by Gasteiger charge is -2.20. The van der Waals surface area contributed by atoms with E-state index in [1.54, 1.807) is 0 Å². The van der Waals surface area contributed by atoms with Crippen molar-refractivity contribution in [2.24, 2.45) is 0 Å². The van der Waals surface area contributed by atoms with E-state index >= 15 is 0 Å². The second kappa shape index (κ2) is 3.41. The summed E-state index contributed by atoms with van der Waals surface area (Å²) in [4.78, 5) is 0. The minimum Gasteiger partial charge on any atom is -0.399 e. The minimum absolute atomic E-state index is 0.194. The number of aryl methyl sites for hydroxylation is 1. The second-order valence-electron chi connectivity index (χ2n) is 4.57. The summed E-state index contributed by atoms with van der Waals surface area (Å²) >= 11 is 0. The monoisotopic (exact) mass is 177 g/mol. The van der Waals surface area contributed by atoms with E-state index in [0.717, 1.165) is 12.1 Å². The number of anilines is 1. The van der Waals surface area contributed by atoms with Crippen LogP contribution in [0.1, 0.15) is 38.8 Å². The van der Waals surface area contributed by atoms with Crippen molar-refractivity contribution in [1.29, 1.82) is 0 Å². The third-order valence-corrected chi connectivity index (χ3v) is 2.29. The van der Waals surface area contributed by atoms with Crippen molar-refractivity contribution in [2.75, 3.05) is 5.73 Å². The first-order valence-corrected chi connectivity index (χ1v) is 4.83. The number of benzene rings is 1. The van der Waals surface area contributed by atoms with Crippen LogP contribution in [0.15, 0.2) is 18.2 Å². The summed E-state index contributed by atoms with van der Waals surface area (Å²) in [5, 5.41) is 0. The van der Waals surface area contributed by atoms with Crippen molar-refractivity contribution in [3.05, 3.63) is 29.3 Å². The average molecular weight is 177 g/mol. The quantitative estimate of drug-likeness (QED) is 0.655. The van der Waals surface area contributed by atoms with Crippen LogP contribution >= 0.6 is 0 Å². The minimum atomic E-state index is 0.194. The Morgan fingerprint density at radius 3 is 2.23 bits per heavy atom. The molecule has 1 nitrogen and oxygen atoms in total. The summed E-state index contributed by atoms with van der Waals surface area (Å²) in [6, 6.07) is 6.37. The molecule has 0 aliphatic carbocycles. The maximum atomic E-state index is 5.83. The smallest absolute Gasteiger partial charge is 0.0319 e. The van der Waals surface area contributed by atoms with E-state index in [1.807, 2.05) is 0 Å². The normalized spacial score (nSPS) is 11.7. The summed E-state index contributed by atoms with van der Waals surface area (Å²) in [5.41, 5.74) is 9.55. The Morgan fingerprint density at radius 1 is 1.15 bits per heavy atom. The van der Waals surface area contributed by atoms with Crippen LogP contribution in [0.3, 0.4) is 0 Å². The molecule has 0 heterocycles. The summed E-state index contributed by atoms with van der Waals surface area (Å²) in [6.07, 6.45) is 1.05. The average Bonchev–Trinajstić information content (AvgIpc) is 2.01. The van der Waals surface area contributed by atoms with E-state index in [9.17, 15) is 0 Å². The fourth-order valence-electron chi connectivity index (χ4n) is 1.36. The van der Waals surface area contributed by atoms with Gasteiger partial charge in [-0.05, 0) is 35.1 Å². The standard InChI is InChI=1S/C12H19N/c1-5-9-6-10(12(2,3)4)8-11(13)7-9/h6-8H,5,13H2,1-4H3. The fourth-order valence-corrected chi connectivity index (χ4v) is 1.36. The van der Waals surface area contributed by atoms with Crippen LogP contribution in [0.2, 0.25) is 0 Å². The molecule has 1 heteroatoms. The number of hydrogen-bond acceptors (Lipinski definition) is 1. The van der Waals surface area contributed by atoms with Gasteiger partial charge in [0.1, 0.15) is 0 Å². The van der Waals surface area contributed by atoms with Crippen molar-refractivity contribution in [3.8, 4) is 0 Å². The van der Waals surface area contributed by atoms with Crippen molar-refractivity contribution < 1.29 is 0 Å². The molecule has 0 unspecified atom stereocenters. The number of rotatable bonds is 1. The molecule has 1 aromatic carbocycles. The van der Waals surface area contributed by atoms with E-state index < -0.39 is 0 Å². The Balaban J connectivity index is 3.16. The third-order valence-electron chi connectivity index (χ3n) is 2.29. The van der Waals surface area contributed by atoms with Gasteiger partial charge in [0.2, 0.25) is 0 Å². The van der Waals surface area contributed by atoms with Crippen LogP contribution in [0, 0.1) is 0 Å². The Kier molecular flexibility index (Phi) is 2.65. The van der Waals surface area contributed by atoms with Crippen LogP contribution in [-0.2, 0) is 11.8 Å². The van der Waals surface area contributed by atoms with Gasteiger partial charge in [-0.15, -0.1) is 0 Å². The predicted molar refractivity (Wildman–Crippen MR) is 58.9 cm³/mol. The molecule has 0 aromatic heterocycles. The zero-order chi connectivity index (χ0) is 10.1. The molecule has 72 valence electrons. The number of nitrogens with two attached hydrogens (primary N) is 1. The van der Waals surface area contributed by atoms with Gasteiger partial charge < -0.3 is 5.73 Å².